The maximum Gasteiger partial charge on any atom is 0.255 e. The zero-order chi connectivity index (χ0) is 19.5. The van der Waals surface area contributed by atoms with Gasteiger partial charge in [-0.15, -0.1) is 11.8 Å². The number of benzene rings is 2. The molecule has 6 heteroatoms. The molecule has 1 atom stereocenters. The molecule has 2 aliphatic rings. The van der Waals surface area contributed by atoms with Crippen molar-refractivity contribution in [1.82, 2.24) is 0 Å². The van der Waals surface area contributed by atoms with E-state index in [4.69, 9.17) is 0 Å². The molecule has 2 aromatic rings. The van der Waals surface area contributed by atoms with Crippen LogP contribution in [0.25, 0.3) is 0 Å². The van der Waals surface area contributed by atoms with Gasteiger partial charge in [0.2, 0.25) is 5.91 Å². The van der Waals surface area contributed by atoms with E-state index in [1.807, 2.05) is 25.1 Å². The predicted molar refractivity (Wildman–Crippen MR) is 115 cm³/mol. The van der Waals surface area contributed by atoms with Gasteiger partial charge in [0.15, 0.2) is 0 Å². The SMILES string of the molecule is CC1Sc2ccc(C(=O)Nc3ccc(N4CCCCCC4)cc3)cc2NC1=O. The molecule has 2 N–H and O–H groups in total. The highest BCUT2D eigenvalue weighted by Gasteiger charge is 2.23. The molecule has 2 aliphatic heterocycles. The Labute approximate surface area is 169 Å². The summed E-state index contributed by atoms with van der Waals surface area (Å²) in [6.07, 6.45) is 5.10. The first-order valence-corrected chi connectivity index (χ1v) is 10.8. The summed E-state index contributed by atoms with van der Waals surface area (Å²) in [5, 5.41) is 5.71. The number of carbonyl (C=O) groups excluding carboxylic acids is 2. The second-order valence-corrected chi connectivity index (χ2v) is 8.75. The van der Waals surface area contributed by atoms with Gasteiger partial charge in [-0.25, -0.2) is 0 Å². The molecule has 1 saturated heterocycles. The number of nitrogens with one attached hydrogen (secondary N) is 2. The topological polar surface area (TPSA) is 61.4 Å². The van der Waals surface area contributed by atoms with E-state index in [0.29, 0.717) is 11.3 Å². The third-order valence-electron chi connectivity index (χ3n) is 5.27. The Balaban J connectivity index is 1.43. The second-order valence-electron chi connectivity index (χ2n) is 7.36. The van der Waals surface area contributed by atoms with Crippen LogP contribution in [-0.2, 0) is 4.79 Å². The minimum absolute atomic E-state index is 0.0286. The van der Waals surface area contributed by atoms with Crippen LogP contribution in [0, 0.1) is 0 Å². The van der Waals surface area contributed by atoms with E-state index in [9.17, 15) is 9.59 Å². The van der Waals surface area contributed by atoms with Gasteiger partial charge in [-0.05, 0) is 62.2 Å². The Hall–Kier alpha value is -2.47. The minimum atomic E-state index is -0.178. The molecule has 0 saturated carbocycles. The van der Waals surface area contributed by atoms with Crippen LogP contribution in [0.1, 0.15) is 43.0 Å². The molecule has 0 bridgehead atoms. The first-order valence-electron chi connectivity index (χ1n) is 9.88. The van der Waals surface area contributed by atoms with E-state index in [0.717, 1.165) is 23.7 Å². The molecule has 0 radical (unpaired) electrons. The molecule has 0 aromatic heterocycles. The smallest absolute Gasteiger partial charge is 0.255 e. The molecule has 5 nitrogen and oxygen atoms in total. The first kappa shape index (κ1) is 18.9. The second kappa shape index (κ2) is 8.27. The van der Waals surface area contributed by atoms with Gasteiger partial charge in [0.1, 0.15) is 0 Å². The molecule has 28 heavy (non-hydrogen) atoms. The van der Waals surface area contributed by atoms with Gasteiger partial charge in [-0.1, -0.05) is 12.8 Å². The number of carbonyl (C=O) groups is 2. The third kappa shape index (κ3) is 4.17. The highest BCUT2D eigenvalue weighted by atomic mass is 32.2. The van der Waals surface area contributed by atoms with E-state index in [2.05, 4.69) is 27.7 Å². The van der Waals surface area contributed by atoms with Crippen LogP contribution in [-0.4, -0.2) is 30.2 Å². The molecule has 2 amide bonds. The highest BCUT2D eigenvalue weighted by molar-refractivity contribution is 8.00. The van der Waals surface area contributed by atoms with Crippen LogP contribution < -0.4 is 15.5 Å². The number of anilines is 3. The predicted octanol–water partition coefficient (Wildman–Crippen LogP) is 4.75. The number of amides is 2. The lowest BCUT2D eigenvalue weighted by Gasteiger charge is -2.23. The van der Waals surface area contributed by atoms with Crippen molar-refractivity contribution >= 4 is 40.6 Å². The lowest BCUT2D eigenvalue weighted by atomic mass is 10.1. The normalized spacial score (nSPS) is 19.4. The molecule has 0 spiro atoms. The van der Waals surface area contributed by atoms with Gasteiger partial charge in [0.05, 0.1) is 10.9 Å². The Morgan fingerprint density at radius 2 is 1.79 bits per heavy atom. The average molecular weight is 396 g/mol. The standard InChI is InChI=1S/C22H25N3O2S/c1-15-21(26)24-19-14-16(6-11-20(19)28-15)22(27)23-17-7-9-18(10-8-17)25-12-4-2-3-5-13-25/h6-11,14-15H,2-5,12-13H2,1H3,(H,23,27)(H,24,26). The number of rotatable bonds is 3. The van der Waals surface area contributed by atoms with Crippen molar-refractivity contribution in [3.8, 4) is 0 Å². The summed E-state index contributed by atoms with van der Waals surface area (Å²) in [7, 11) is 0. The first-order chi connectivity index (χ1) is 13.6. The fourth-order valence-electron chi connectivity index (χ4n) is 3.64. The average Bonchev–Trinajstić information content (AvgIpc) is 2.98. The van der Waals surface area contributed by atoms with E-state index in [-0.39, 0.29) is 17.1 Å². The van der Waals surface area contributed by atoms with E-state index < -0.39 is 0 Å². The molecule has 1 fully saturated rings. The Kier molecular flexibility index (Phi) is 5.57. The van der Waals surface area contributed by atoms with Crippen LogP contribution >= 0.6 is 11.8 Å². The van der Waals surface area contributed by atoms with Gasteiger partial charge in [0.25, 0.3) is 5.91 Å². The van der Waals surface area contributed by atoms with Crippen molar-refractivity contribution in [3.63, 3.8) is 0 Å². The van der Waals surface area contributed by atoms with Crippen molar-refractivity contribution in [2.75, 3.05) is 28.6 Å². The number of fused-ring (bicyclic) bond motifs is 1. The van der Waals surface area contributed by atoms with Crippen LogP contribution in [0.2, 0.25) is 0 Å². The molecule has 4 rings (SSSR count). The van der Waals surface area contributed by atoms with Gasteiger partial charge in [-0.2, -0.15) is 0 Å². The largest absolute Gasteiger partial charge is 0.372 e. The van der Waals surface area contributed by atoms with Crippen molar-refractivity contribution in [2.24, 2.45) is 0 Å². The van der Waals surface area contributed by atoms with Crippen LogP contribution in [0.15, 0.2) is 47.4 Å². The van der Waals surface area contributed by atoms with Crippen molar-refractivity contribution in [3.05, 3.63) is 48.0 Å². The van der Waals surface area contributed by atoms with Gasteiger partial charge >= 0.3 is 0 Å². The Morgan fingerprint density at radius 1 is 1.07 bits per heavy atom. The zero-order valence-electron chi connectivity index (χ0n) is 16.0. The third-order valence-corrected chi connectivity index (χ3v) is 6.45. The van der Waals surface area contributed by atoms with Crippen molar-refractivity contribution in [2.45, 2.75) is 42.8 Å². The molecule has 2 aromatic carbocycles. The van der Waals surface area contributed by atoms with E-state index in [1.54, 1.807) is 12.1 Å². The summed E-state index contributed by atoms with van der Waals surface area (Å²) >= 11 is 1.51. The maximum absolute atomic E-state index is 12.6. The minimum Gasteiger partial charge on any atom is -0.372 e. The molecule has 2 heterocycles. The lowest BCUT2D eigenvalue weighted by molar-refractivity contribution is -0.115. The number of hydrogen-bond donors (Lipinski definition) is 2. The summed E-state index contributed by atoms with van der Waals surface area (Å²) in [6.45, 7) is 4.07. The fourth-order valence-corrected chi connectivity index (χ4v) is 4.57. The van der Waals surface area contributed by atoms with Crippen LogP contribution in [0.3, 0.4) is 0 Å². The van der Waals surface area contributed by atoms with E-state index >= 15 is 0 Å². The summed E-state index contributed by atoms with van der Waals surface area (Å²) in [4.78, 5) is 27.9. The fraction of sp³-hybridized carbons (Fsp3) is 0.364. The van der Waals surface area contributed by atoms with Crippen molar-refractivity contribution < 1.29 is 9.59 Å². The zero-order valence-corrected chi connectivity index (χ0v) is 16.8. The number of thioether (sulfide) groups is 1. The highest BCUT2D eigenvalue weighted by Crippen LogP contribution is 2.36. The van der Waals surface area contributed by atoms with Crippen LogP contribution in [0.4, 0.5) is 17.1 Å². The lowest BCUT2D eigenvalue weighted by Crippen LogP contribution is -2.26. The van der Waals surface area contributed by atoms with Gasteiger partial charge in [-0.3, -0.25) is 9.59 Å². The van der Waals surface area contributed by atoms with E-state index in [1.165, 1.54) is 43.1 Å². The molecule has 0 aliphatic carbocycles. The maximum atomic E-state index is 12.6. The van der Waals surface area contributed by atoms with Crippen molar-refractivity contribution in [1.29, 1.82) is 0 Å². The Morgan fingerprint density at radius 3 is 2.50 bits per heavy atom. The molecule has 146 valence electrons. The summed E-state index contributed by atoms with van der Waals surface area (Å²) in [5.74, 6) is -0.206. The van der Waals surface area contributed by atoms with Gasteiger partial charge < -0.3 is 15.5 Å². The summed E-state index contributed by atoms with van der Waals surface area (Å²) in [5.41, 5.74) is 3.22. The Bertz CT molecular complexity index is 874. The molecular formula is C22H25N3O2S. The summed E-state index contributed by atoms with van der Waals surface area (Å²) in [6, 6.07) is 13.5. The quantitative estimate of drug-likeness (QED) is 0.787. The number of hydrogen-bond acceptors (Lipinski definition) is 4. The summed E-state index contributed by atoms with van der Waals surface area (Å²) < 4.78 is 0. The molecule has 1 unspecified atom stereocenters. The van der Waals surface area contributed by atoms with Gasteiger partial charge in [0, 0.05) is 34.9 Å². The monoisotopic (exact) mass is 395 g/mol. The molecular weight excluding hydrogens is 370 g/mol. The van der Waals surface area contributed by atoms with Crippen LogP contribution in [0.5, 0.6) is 0 Å². The number of nitrogens with zero attached hydrogens (tertiary/aromatic N) is 1.